The van der Waals surface area contributed by atoms with Crippen LogP contribution in [0, 0.1) is 11.6 Å². The Balaban J connectivity index is 1.72. The third-order valence-electron chi connectivity index (χ3n) is 3.99. The number of rotatable bonds is 2. The van der Waals surface area contributed by atoms with Crippen LogP contribution in [0.5, 0.6) is 0 Å². The Morgan fingerprint density at radius 2 is 2.11 bits per heavy atom. The van der Waals surface area contributed by atoms with Crippen LogP contribution in [-0.4, -0.2) is 35.1 Å². The molecule has 0 radical (unpaired) electrons. The minimum atomic E-state index is -0.635. The first kappa shape index (κ1) is 11.8. The maximum absolute atomic E-state index is 13.5. The monoisotopic (exact) mass is 253 g/mol. The van der Waals surface area contributed by atoms with Gasteiger partial charge in [0, 0.05) is 24.7 Å². The molecule has 98 valence electrons. The molecule has 2 fully saturated rings. The summed E-state index contributed by atoms with van der Waals surface area (Å²) in [6.45, 7) is 2.20. The fraction of sp³-hybridized carbons (Fsp3) is 0.615. The minimum Gasteiger partial charge on any atom is -0.363 e. The average molecular weight is 253 g/mol. The molecule has 2 saturated heterocycles. The topological polar surface area (TPSA) is 28.2 Å². The van der Waals surface area contributed by atoms with Crippen molar-refractivity contribution in [2.75, 3.05) is 18.4 Å². The van der Waals surface area contributed by atoms with E-state index in [0.717, 1.165) is 38.2 Å². The van der Waals surface area contributed by atoms with Crippen LogP contribution in [0.15, 0.2) is 12.3 Å². The van der Waals surface area contributed by atoms with E-state index in [0.29, 0.717) is 6.04 Å². The second kappa shape index (κ2) is 4.80. The van der Waals surface area contributed by atoms with E-state index in [4.69, 9.17) is 0 Å². The van der Waals surface area contributed by atoms with Crippen LogP contribution in [-0.2, 0) is 0 Å². The molecule has 1 N–H and O–H groups in total. The van der Waals surface area contributed by atoms with Crippen LogP contribution in [0.25, 0.3) is 0 Å². The van der Waals surface area contributed by atoms with Crippen molar-refractivity contribution in [3.8, 4) is 0 Å². The predicted octanol–water partition coefficient (Wildman–Crippen LogP) is 2.40. The number of halogens is 2. The first-order valence-electron chi connectivity index (χ1n) is 6.55. The van der Waals surface area contributed by atoms with Gasteiger partial charge >= 0.3 is 0 Å². The summed E-state index contributed by atoms with van der Waals surface area (Å²) in [6.07, 6.45) is 5.70. The van der Waals surface area contributed by atoms with Crippen molar-refractivity contribution in [1.82, 2.24) is 9.88 Å². The van der Waals surface area contributed by atoms with Crippen molar-refractivity contribution >= 4 is 5.82 Å². The minimum absolute atomic E-state index is 0.175. The molecule has 2 unspecified atom stereocenters. The van der Waals surface area contributed by atoms with Gasteiger partial charge in [-0.2, -0.15) is 0 Å². The molecule has 0 bridgehead atoms. The number of aromatic nitrogens is 1. The van der Waals surface area contributed by atoms with E-state index >= 15 is 0 Å². The van der Waals surface area contributed by atoms with E-state index in [1.54, 1.807) is 0 Å². The van der Waals surface area contributed by atoms with E-state index in [2.05, 4.69) is 15.2 Å². The SMILES string of the molecule is Fc1cnc(NC2CCN3CCCCC23)c(F)c1. The van der Waals surface area contributed by atoms with Crippen LogP contribution >= 0.6 is 0 Å². The van der Waals surface area contributed by atoms with Gasteiger partial charge in [-0.15, -0.1) is 0 Å². The molecule has 5 heteroatoms. The largest absolute Gasteiger partial charge is 0.363 e. The number of fused-ring (bicyclic) bond motifs is 1. The lowest BCUT2D eigenvalue weighted by Crippen LogP contribution is -2.42. The number of pyridine rings is 1. The van der Waals surface area contributed by atoms with E-state index in [1.165, 1.54) is 12.8 Å². The lowest BCUT2D eigenvalue weighted by molar-refractivity contribution is 0.192. The number of anilines is 1. The lowest BCUT2D eigenvalue weighted by Gasteiger charge is -2.32. The number of hydrogen-bond acceptors (Lipinski definition) is 3. The van der Waals surface area contributed by atoms with Gasteiger partial charge in [0.05, 0.1) is 6.20 Å². The van der Waals surface area contributed by atoms with E-state index in [1.807, 2.05) is 0 Å². The Kier molecular flexibility index (Phi) is 3.16. The summed E-state index contributed by atoms with van der Waals surface area (Å²) in [5.74, 6) is -1.07. The molecule has 3 heterocycles. The van der Waals surface area contributed by atoms with Gasteiger partial charge in [-0.3, -0.25) is 4.90 Å². The van der Waals surface area contributed by atoms with E-state index in [9.17, 15) is 8.78 Å². The van der Waals surface area contributed by atoms with E-state index < -0.39 is 11.6 Å². The molecule has 2 aliphatic rings. The first-order valence-corrected chi connectivity index (χ1v) is 6.55. The first-order chi connectivity index (χ1) is 8.74. The molecule has 0 aromatic carbocycles. The number of nitrogens with zero attached hydrogens (tertiary/aromatic N) is 2. The summed E-state index contributed by atoms with van der Waals surface area (Å²) in [7, 11) is 0. The van der Waals surface area contributed by atoms with Crippen LogP contribution in [0.4, 0.5) is 14.6 Å². The van der Waals surface area contributed by atoms with Crippen molar-refractivity contribution in [3.05, 3.63) is 23.9 Å². The molecule has 0 amide bonds. The van der Waals surface area contributed by atoms with Crippen LogP contribution in [0.1, 0.15) is 25.7 Å². The second-order valence-electron chi connectivity index (χ2n) is 5.12. The Morgan fingerprint density at radius 1 is 1.22 bits per heavy atom. The second-order valence-corrected chi connectivity index (χ2v) is 5.12. The van der Waals surface area contributed by atoms with Crippen molar-refractivity contribution < 1.29 is 8.78 Å². The van der Waals surface area contributed by atoms with Crippen molar-refractivity contribution in [2.24, 2.45) is 0 Å². The van der Waals surface area contributed by atoms with Gasteiger partial charge in [-0.05, 0) is 25.8 Å². The fourth-order valence-corrected chi connectivity index (χ4v) is 3.11. The maximum Gasteiger partial charge on any atom is 0.168 e. The van der Waals surface area contributed by atoms with E-state index in [-0.39, 0.29) is 11.9 Å². The third kappa shape index (κ3) is 2.19. The highest BCUT2D eigenvalue weighted by Crippen LogP contribution is 2.29. The van der Waals surface area contributed by atoms with Gasteiger partial charge in [0.25, 0.3) is 0 Å². The van der Waals surface area contributed by atoms with Crippen LogP contribution < -0.4 is 5.32 Å². The normalized spacial score (nSPS) is 28.1. The van der Waals surface area contributed by atoms with Gasteiger partial charge in [0.2, 0.25) is 0 Å². The summed E-state index contributed by atoms with van der Waals surface area (Å²) in [5.41, 5.74) is 0. The quantitative estimate of drug-likeness (QED) is 0.877. The molecule has 2 aliphatic heterocycles. The summed E-state index contributed by atoms with van der Waals surface area (Å²) < 4.78 is 26.3. The Bertz CT molecular complexity index is 438. The van der Waals surface area contributed by atoms with Gasteiger partial charge in [-0.25, -0.2) is 13.8 Å². The molecule has 0 saturated carbocycles. The summed E-state index contributed by atoms with van der Waals surface area (Å²) in [6, 6.07) is 1.59. The highest BCUT2D eigenvalue weighted by molar-refractivity contribution is 5.38. The maximum atomic E-state index is 13.5. The van der Waals surface area contributed by atoms with Gasteiger partial charge < -0.3 is 5.32 Å². The summed E-state index contributed by atoms with van der Waals surface area (Å²) in [4.78, 5) is 6.26. The van der Waals surface area contributed by atoms with Gasteiger partial charge in [-0.1, -0.05) is 6.42 Å². The zero-order valence-electron chi connectivity index (χ0n) is 10.2. The fourth-order valence-electron chi connectivity index (χ4n) is 3.11. The summed E-state index contributed by atoms with van der Waals surface area (Å²) in [5, 5.41) is 3.14. The molecular weight excluding hydrogens is 236 g/mol. The molecule has 2 atom stereocenters. The molecular formula is C13H17F2N3. The molecule has 3 rings (SSSR count). The Morgan fingerprint density at radius 3 is 2.94 bits per heavy atom. The highest BCUT2D eigenvalue weighted by Gasteiger charge is 2.35. The van der Waals surface area contributed by atoms with Gasteiger partial charge in [0.15, 0.2) is 11.6 Å². The van der Waals surface area contributed by atoms with Crippen molar-refractivity contribution in [2.45, 2.75) is 37.8 Å². The average Bonchev–Trinajstić information content (AvgIpc) is 2.76. The molecule has 0 aliphatic carbocycles. The number of hydrogen-bond donors (Lipinski definition) is 1. The summed E-state index contributed by atoms with van der Waals surface area (Å²) >= 11 is 0. The van der Waals surface area contributed by atoms with Crippen LogP contribution in [0.2, 0.25) is 0 Å². The molecule has 3 nitrogen and oxygen atoms in total. The number of piperidine rings is 1. The molecule has 0 spiro atoms. The Labute approximate surface area is 105 Å². The molecule has 18 heavy (non-hydrogen) atoms. The zero-order chi connectivity index (χ0) is 12.5. The predicted molar refractivity (Wildman–Crippen MR) is 65.4 cm³/mol. The molecule has 1 aromatic heterocycles. The van der Waals surface area contributed by atoms with Crippen LogP contribution in [0.3, 0.4) is 0 Å². The van der Waals surface area contributed by atoms with Gasteiger partial charge in [0.1, 0.15) is 5.82 Å². The third-order valence-corrected chi connectivity index (χ3v) is 3.99. The zero-order valence-corrected chi connectivity index (χ0v) is 10.2. The number of nitrogens with one attached hydrogen (secondary N) is 1. The van der Waals surface area contributed by atoms with Crippen molar-refractivity contribution in [3.63, 3.8) is 0 Å². The smallest absolute Gasteiger partial charge is 0.168 e. The van der Waals surface area contributed by atoms with Crippen molar-refractivity contribution in [1.29, 1.82) is 0 Å². The lowest BCUT2D eigenvalue weighted by atomic mass is 9.99. The Hall–Kier alpha value is -1.23. The highest BCUT2D eigenvalue weighted by atomic mass is 19.1. The molecule has 1 aromatic rings. The standard InChI is InChI=1S/C13H17F2N3/c14-9-7-10(15)13(16-8-9)17-11-4-6-18-5-2-1-3-12(11)18/h7-8,11-12H,1-6H2,(H,16,17).